The normalized spacial score (nSPS) is 30.1. The zero-order valence-corrected chi connectivity index (χ0v) is 12.0. The van der Waals surface area contributed by atoms with Gasteiger partial charge in [-0.1, -0.05) is 41.9 Å². The number of halogens is 1. The van der Waals surface area contributed by atoms with E-state index in [4.69, 9.17) is 0 Å². The van der Waals surface area contributed by atoms with E-state index in [1.165, 1.54) is 5.56 Å². The zero-order chi connectivity index (χ0) is 12.6. The molecular formula is C14H18BrNO. The molecule has 0 unspecified atom stereocenters. The van der Waals surface area contributed by atoms with Gasteiger partial charge in [0.05, 0.1) is 5.41 Å². The van der Waals surface area contributed by atoms with Crippen LogP contribution in [-0.4, -0.2) is 12.5 Å². The highest BCUT2D eigenvalue weighted by Crippen LogP contribution is 2.44. The molecule has 1 fully saturated rings. The molecule has 0 aromatic heterocycles. The standard InChI is InChI=1S/C14H18BrNO/c1-9-8-16-13(17)14(9,3)10(2)11-4-6-12(15)7-5-11/h4-7,9-10H,8H2,1-3H3,(H,16,17)/t9-,10+,14-/m0/s1. The minimum atomic E-state index is -0.298. The second-order valence-electron chi connectivity index (χ2n) is 5.17. The third-order valence-corrected chi connectivity index (χ3v) is 4.88. The van der Waals surface area contributed by atoms with Crippen LogP contribution in [0.15, 0.2) is 28.7 Å². The van der Waals surface area contributed by atoms with Crippen LogP contribution in [0.3, 0.4) is 0 Å². The molecule has 1 aliphatic rings. The average molecular weight is 296 g/mol. The Morgan fingerprint density at radius 2 is 2.00 bits per heavy atom. The Morgan fingerprint density at radius 3 is 2.47 bits per heavy atom. The van der Waals surface area contributed by atoms with Gasteiger partial charge in [-0.2, -0.15) is 0 Å². The molecule has 92 valence electrons. The first-order valence-electron chi connectivity index (χ1n) is 6.00. The highest BCUT2D eigenvalue weighted by Gasteiger charge is 2.48. The number of hydrogen-bond acceptors (Lipinski definition) is 1. The fourth-order valence-electron chi connectivity index (χ4n) is 2.59. The molecule has 3 atom stereocenters. The van der Waals surface area contributed by atoms with Gasteiger partial charge in [0, 0.05) is 11.0 Å². The lowest BCUT2D eigenvalue weighted by atomic mass is 9.68. The zero-order valence-electron chi connectivity index (χ0n) is 10.5. The molecule has 0 radical (unpaired) electrons. The maximum Gasteiger partial charge on any atom is 0.226 e. The molecule has 0 bridgehead atoms. The van der Waals surface area contributed by atoms with Gasteiger partial charge in [-0.3, -0.25) is 4.79 Å². The molecule has 1 aromatic rings. The predicted octanol–water partition coefficient (Wildman–Crippen LogP) is 3.32. The summed E-state index contributed by atoms with van der Waals surface area (Å²) in [5.41, 5.74) is 0.924. The molecule has 0 aliphatic carbocycles. The number of nitrogens with one attached hydrogen (secondary N) is 1. The van der Waals surface area contributed by atoms with Gasteiger partial charge in [-0.05, 0) is 36.5 Å². The molecule has 1 heterocycles. The van der Waals surface area contributed by atoms with Gasteiger partial charge in [0.2, 0.25) is 5.91 Å². The fourth-order valence-corrected chi connectivity index (χ4v) is 2.86. The second kappa shape index (κ2) is 4.45. The van der Waals surface area contributed by atoms with Gasteiger partial charge in [-0.15, -0.1) is 0 Å². The lowest BCUT2D eigenvalue weighted by Gasteiger charge is -2.33. The molecule has 1 N–H and O–H groups in total. The number of carbonyl (C=O) groups is 1. The van der Waals surface area contributed by atoms with E-state index in [0.29, 0.717) is 5.92 Å². The Bertz CT molecular complexity index is 428. The predicted molar refractivity (Wildman–Crippen MR) is 72.8 cm³/mol. The molecule has 1 aromatic carbocycles. The average Bonchev–Trinajstić information content (AvgIpc) is 2.58. The number of hydrogen-bond donors (Lipinski definition) is 1. The lowest BCUT2D eigenvalue weighted by Crippen LogP contribution is -2.36. The molecule has 2 nitrogen and oxygen atoms in total. The quantitative estimate of drug-likeness (QED) is 0.891. The van der Waals surface area contributed by atoms with Gasteiger partial charge < -0.3 is 5.32 Å². The molecule has 0 spiro atoms. The molecule has 17 heavy (non-hydrogen) atoms. The number of benzene rings is 1. The van der Waals surface area contributed by atoms with E-state index in [2.05, 4.69) is 54.2 Å². The fraction of sp³-hybridized carbons (Fsp3) is 0.500. The van der Waals surface area contributed by atoms with E-state index < -0.39 is 0 Å². The molecule has 1 saturated heterocycles. The SMILES string of the molecule is C[C@H](c1ccc(Br)cc1)[C@@]1(C)C(=O)NC[C@@H]1C. The maximum absolute atomic E-state index is 12.1. The van der Waals surface area contributed by atoms with E-state index in [1.807, 2.05) is 12.1 Å². The first-order valence-corrected chi connectivity index (χ1v) is 6.79. The Morgan fingerprint density at radius 1 is 1.41 bits per heavy atom. The lowest BCUT2D eigenvalue weighted by molar-refractivity contribution is -0.128. The molecule has 1 amide bonds. The van der Waals surface area contributed by atoms with Gasteiger partial charge in [0.1, 0.15) is 0 Å². The first kappa shape index (κ1) is 12.6. The minimum Gasteiger partial charge on any atom is -0.355 e. The summed E-state index contributed by atoms with van der Waals surface area (Å²) in [4.78, 5) is 12.1. The maximum atomic E-state index is 12.1. The highest BCUT2D eigenvalue weighted by atomic mass is 79.9. The van der Waals surface area contributed by atoms with Crippen LogP contribution >= 0.6 is 15.9 Å². The summed E-state index contributed by atoms with van der Waals surface area (Å²) in [5.74, 6) is 0.780. The van der Waals surface area contributed by atoms with Gasteiger partial charge in [0.15, 0.2) is 0 Å². The summed E-state index contributed by atoms with van der Waals surface area (Å²) in [5, 5.41) is 2.97. The Kier molecular flexibility index (Phi) is 3.30. The third kappa shape index (κ3) is 2.01. The van der Waals surface area contributed by atoms with Gasteiger partial charge >= 0.3 is 0 Å². The summed E-state index contributed by atoms with van der Waals surface area (Å²) in [6, 6.07) is 8.26. The number of rotatable bonds is 2. The van der Waals surface area contributed by atoms with E-state index in [9.17, 15) is 4.79 Å². The summed E-state index contributed by atoms with van der Waals surface area (Å²) in [6.07, 6.45) is 0. The highest BCUT2D eigenvalue weighted by molar-refractivity contribution is 9.10. The molecule has 3 heteroatoms. The molecular weight excluding hydrogens is 278 g/mol. The topological polar surface area (TPSA) is 29.1 Å². The largest absolute Gasteiger partial charge is 0.355 e. The van der Waals surface area contributed by atoms with Crippen molar-refractivity contribution in [1.82, 2.24) is 5.32 Å². The Hall–Kier alpha value is -0.830. The van der Waals surface area contributed by atoms with Crippen molar-refractivity contribution in [2.45, 2.75) is 26.7 Å². The van der Waals surface area contributed by atoms with Crippen LogP contribution in [0.1, 0.15) is 32.3 Å². The van der Waals surface area contributed by atoms with Crippen molar-refractivity contribution in [2.24, 2.45) is 11.3 Å². The van der Waals surface area contributed by atoms with Crippen LogP contribution in [0.2, 0.25) is 0 Å². The van der Waals surface area contributed by atoms with Crippen LogP contribution < -0.4 is 5.32 Å². The van der Waals surface area contributed by atoms with Gasteiger partial charge in [0.25, 0.3) is 0 Å². The van der Waals surface area contributed by atoms with Crippen molar-refractivity contribution in [3.05, 3.63) is 34.3 Å². The molecule has 0 saturated carbocycles. The van der Waals surface area contributed by atoms with E-state index in [0.717, 1.165) is 11.0 Å². The minimum absolute atomic E-state index is 0.181. The smallest absolute Gasteiger partial charge is 0.226 e. The van der Waals surface area contributed by atoms with Crippen molar-refractivity contribution in [1.29, 1.82) is 0 Å². The Labute approximate surface area is 111 Å². The van der Waals surface area contributed by atoms with Crippen molar-refractivity contribution in [3.8, 4) is 0 Å². The van der Waals surface area contributed by atoms with Crippen molar-refractivity contribution < 1.29 is 4.79 Å². The van der Waals surface area contributed by atoms with Crippen LogP contribution in [0, 0.1) is 11.3 Å². The summed E-state index contributed by atoms with van der Waals surface area (Å²) in [7, 11) is 0. The van der Waals surface area contributed by atoms with E-state index >= 15 is 0 Å². The van der Waals surface area contributed by atoms with E-state index in [1.54, 1.807) is 0 Å². The summed E-state index contributed by atoms with van der Waals surface area (Å²) >= 11 is 3.44. The van der Waals surface area contributed by atoms with Gasteiger partial charge in [-0.25, -0.2) is 0 Å². The summed E-state index contributed by atoms with van der Waals surface area (Å²) in [6.45, 7) is 7.15. The monoisotopic (exact) mass is 295 g/mol. The Balaban J connectivity index is 2.33. The summed E-state index contributed by atoms with van der Waals surface area (Å²) < 4.78 is 1.07. The van der Waals surface area contributed by atoms with Crippen molar-refractivity contribution in [3.63, 3.8) is 0 Å². The van der Waals surface area contributed by atoms with Crippen LogP contribution in [-0.2, 0) is 4.79 Å². The van der Waals surface area contributed by atoms with Crippen molar-refractivity contribution >= 4 is 21.8 Å². The number of amides is 1. The van der Waals surface area contributed by atoms with Crippen LogP contribution in [0.4, 0.5) is 0 Å². The van der Waals surface area contributed by atoms with E-state index in [-0.39, 0.29) is 17.2 Å². The molecule has 1 aliphatic heterocycles. The third-order valence-electron chi connectivity index (χ3n) is 4.35. The van der Waals surface area contributed by atoms with Crippen LogP contribution in [0.25, 0.3) is 0 Å². The second-order valence-corrected chi connectivity index (χ2v) is 6.08. The first-order chi connectivity index (χ1) is 7.96. The van der Waals surface area contributed by atoms with Crippen molar-refractivity contribution in [2.75, 3.05) is 6.54 Å². The number of carbonyl (C=O) groups excluding carboxylic acids is 1. The van der Waals surface area contributed by atoms with Crippen LogP contribution in [0.5, 0.6) is 0 Å². The molecule has 2 rings (SSSR count).